The molecule has 6 heteroatoms. The molecule has 2 N–H and O–H groups in total. The Morgan fingerprint density at radius 1 is 1.47 bits per heavy atom. The molecule has 0 aliphatic heterocycles. The number of hydrogen-bond donors (Lipinski definition) is 2. The summed E-state index contributed by atoms with van der Waals surface area (Å²) in [5, 5.41) is 14.5. The van der Waals surface area contributed by atoms with E-state index in [1.165, 1.54) is 11.8 Å². The quantitative estimate of drug-likeness (QED) is 0.771. The fourth-order valence-corrected chi connectivity index (χ4v) is 3.74. The van der Waals surface area contributed by atoms with Crippen molar-refractivity contribution in [2.24, 2.45) is 0 Å². The van der Waals surface area contributed by atoms with E-state index in [0.29, 0.717) is 17.8 Å². The van der Waals surface area contributed by atoms with E-state index in [-0.39, 0.29) is 0 Å². The van der Waals surface area contributed by atoms with Crippen molar-refractivity contribution >= 4 is 50.7 Å². The molecule has 0 spiro atoms. The summed E-state index contributed by atoms with van der Waals surface area (Å²) < 4.78 is 1.04. The molecule has 0 atom stereocenters. The van der Waals surface area contributed by atoms with Crippen LogP contribution < -0.4 is 5.32 Å². The average molecular weight is 358 g/mol. The molecule has 3 nitrogen and oxygen atoms in total. The van der Waals surface area contributed by atoms with Crippen molar-refractivity contribution < 1.29 is 9.90 Å². The minimum Gasteiger partial charge on any atom is -0.478 e. The fraction of sp³-hybridized carbons (Fsp3) is 0.154. The first kappa shape index (κ1) is 14.4. The maximum Gasteiger partial charge on any atom is 0.338 e. The van der Waals surface area contributed by atoms with Gasteiger partial charge in [0.15, 0.2) is 0 Å². The van der Waals surface area contributed by atoms with Gasteiger partial charge in [-0.3, -0.25) is 0 Å². The Hall–Kier alpha value is -0.980. The SMILES string of the molecule is CSc1cccc(NCc2sccc2Br)c1C(=O)O. The standard InChI is InChI=1S/C13H12BrNO2S2/c1-18-10-4-2-3-9(12(10)13(16)17)15-7-11-8(14)5-6-19-11/h2-6,15H,7H2,1H3,(H,16,17). The van der Waals surface area contributed by atoms with Gasteiger partial charge in [-0.25, -0.2) is 4.79 Å². The van der Waals surface area contributed by atoms with E-state index in [0.717, 1.165) is 14.2 Å². The average Bonchev–Trinajstić information content (AvgIpc) is 2.81. The van der Waals surface area contributed by atoms with E-state index in [4.69, 9.17) is 0 Å². The molecule has 0 unspecified atom stereocenters. The first-order valence-electron chi connectivity index (χ1n) is 5.49. The van der Waals surface area contributed by atoms with Crippen molar-refractivity contribution in [3.05, 3.63) is 44.6 Å². The molecule has 100 valence electrons. The normalized spacial score (nSPS) is 10.4. The lowest BCUT2D eigenvalue weighted by Crippen LogP contribution is -2.07. The van der Waals surface area contributed by atoms with Gasteiger partial charge in [0.1, 0.15) is 0 Å². The molecule has 0 aliphatic carbocycles. The summed E-state index contributed by atoms with van der Waals surface area (Å²) in [6, 6.07) is 7.47. The van der Waals surface area contributed by atoms with E-state index in [1.54, 1.807) is 17.4 Å². The lowest BCUT2D eigenvalue weighted by atomic mass is 10.1. The van der Waals surface area contributed by atoms with Crippen LogP contribution in [-0.4, -0.2) is 17.3 Å². The molecule has 0 fully saturated rings. The van der Waals surface area contributed by atoms with Crippen molar-refractivity contribution in [1.29, 1.82) is 0 Å². The molecule has 0 saturated carbocycles. The van der Waals surface area contributed by atoms with Gasteiger partial charge < -0.3 is 10.4 Å². The number of hydrogen-bond acceptors (Lipinski definition) is 4. The molecular formula is C13H12BrNO2S2. The molecule has 0 radical (unpaired) electrons. The molecular weight excluding hydrogens is 346 g/mol. The van der Waals surface area contributed by atoms with Crippen LogP contribution in [0.3, 0.4) is 0 Å². The third-order valence-corrected chi connectivity index (χ3v) is 5.30. The summed E-state index contributed by atoms with van der Waals surface area (Å²) in [6.07, 6.45) is 1.88. The molecule has 0 aliphatic rings. The fourth-order valence-electron chi connectivity index (χ4n) is 1.70. The summed E-state index contributed by atoms with van der Waals surface area (Å²) >= 11 is 6.53. The zero-order chi connectivity index (χ0) is 13.8. The van der Waals surface area contributed by atoms with Crippen LogP contribution in [0.15, 0.2) is 39.0 Å². The van der Waals surface area contributed by atoms with Gasteiger partial charge in [-0.2, -0.15) is 0 Å². The Morgan fingerprint density at radius 2 is 2.26 bits per heavy atom. The van der Waals surface area contributed by atoms with Gasteiger partial charge in [0.25, 0.3) is 0 Å². The van der Waals surface area contributed by atoms with Crippen LogP contribution in [0.1, 0.15) is 15.2 Å². The van der Waals surface area contributed by atoms with Crippen LogP contribution in [0.4, 0.5) is 5.69 Å². The summed E-state index contributed by atoms with van der Waals surface area (Å²) in [7, 11) is 0. The first-order valence-corrected chi connectivity index (χ1v) is 8.39. The molecule has 1 aromatic carbocycles. The Kier molecular flexibility index (Phi) is 4.90. The van der Waals surface area contributed by atoms with E-state index < -0.39 is 5.97 Å². The summed E-state index contributed by atoms with van der Waals surface area (Å²) in [4.78, 5) is 13.3. The maximum absolute atomic E-state index is 11.4. The third-order valence-electron chi connectivity index (χ3n) is 2.59. The highest BCUT2D eigenvalue weighted by Crippen LogP contribution is 2.29. The zero-order valence-corrected chi connectivity index (χ0v) is 13.4. The van der Waals surface area contributed by atoms with Crippen LogP contribution in [-0.2, 0) is 6.54 Å². The first-order chi connectivity index (χ1) is 9.13. The second-order valence-electron chi connectivity index (χ2n) is 3.73. The van der Waals surface area contributed by atoms with Gasteiger partial charge in [-0.1, -0.05) is 6.07 Å². The number of thioether (sulfide) groups is 1. The number of carbonyl (C=O) groups is 1. The number of aromatic carboxylic acids is 1. The number of benzene rings is 1. The predicted molar refractivity (Wildman–Crippen MR) is 84.5 cm³/mol. The Bertz CT molecular complexity index is 598. The van der Waals surface area contributed by atoms with E-state index >= 15 is 0 Å². The summed E-state index contributed by atoms with van der Waals surface area (Å²) in [5.41, 5.74) is 0.988. The molecule has 1 aromatic heterocycles. The van der Waals surface area contributed by atoms with Crippen LogP contribution in [0, 0.1) is 0 Å². The largest absolute Gasteiger partial charge is 0.478 e. The Labute approximate surface area is 128 Å². The van der Waals surface area contributed by atoms with Gasteiger partial charge in [-0.15, -0.1) is 23.1 Å². The van der Waals surface area contributed by atoms with Gasteiger partial charge in [0.05, 0.1) is 17.8 Å². The number of rotatable bonds is 5. The summed E-state index contributed by atoms with van der Waals surface area (Å²) in [6.45, 7) is 0.608. The number of carboxylic acid groups (broad SMARTS) is 1. The number of carboxylic acids is 1. The predicted octanol–water partition coefficient (Wildman–Crippen LogP) is 4.54. The number of anilines is 1. The lowest BCUT2D eigenvalue weighted by Gasteiger charge is -2.11. The second-order valence-corrected chi connectivity index (χ2v) is 6.44. The molecule has 19 heavy (non-hydrogen) atoms. The van der Waals surface area contributed by atoms with Crippen LogP contribution in [0.5, 0.6) is 0 Å². The molecule has 0 saturated heterocycles. The maximum atomic E-state index is 11.4. The van der Waals surface area contributed by atoms with E-state index in [9.17, 15) is 9.90 Å². The van der Waals surface area contributed by atoms with Gasteiger partial charge in [0.2, 0.25) is 0 Å². The number of halogens is 1. The van der Waals surface area contributed by atoms with Crippen molar-refractivity contribution in [3.63, 3.8) is 0 Å². The van der Waals surface area contributed by atoms with Gasteiger partial charge in [0, 0.05) is 14.2 Å². The minimum atomic E-state index is -0.905. The van der Waals surface area contributed by atoms with Crippen LogP contribution >= 0.6 is 39.0 Å². The zero-order valence-electron chi connectivity index (χ0n) is 10.1. The monoisotopic (exact) mass is 357 g/mol. The Balaban J connectivity index is 2.25. The Morgan fingerprint density at radius 3 is 2.84 bits per heavy atom. The lowest BCUT2D eigenvalue weighted by molar-refractivity contribution is 0.0694. The van der Waals surface area contributed by atoms with Crippen LogP contribution in [0.2, 0.25) is 0 Å². The van der Waals surface area contributed by atoms with Crippen molar-refractivity contribution in [3.8, 4) is 0 Å². The molecule has 0 amide bonds. The number of nitrogens with one attached hydrogen (secondary N) is 1. The van der Waals surface area contributed by atoms with E-state index in [1.807, 2.05) is 29.8 Å². The van der Waals surface area contributed by atoms with Crippen molar-refractivity contribution in [1.82, 2.24) is 0 Å². The molecule has 0 bridgehead atoms. The highest BCUT2D eigenvalue weighted by Gasteiger charge is 2.15. The molecule has 2 rings (SSSR count). The van der Waals surface area contributed by atoms with Gasteiger partial charge >= 0.3 is 5.97 Å². The van der Waals surface area contributed by atoms with E-state index in [2.05, 4.69) is 21.2 Å². The molecule has 1 heterocycles. The minimum absolute atomic E-state index is 0.336. The second kappa shape index (κ2) is 6.45. The van der Waals surface area contributed by atoms with Crippen molar-refractivity contribution in [2.75, 3.05) is 11.6 Å². The molecule has 2 aromatic rings. The highest BCUT2D eigenvalue weighted by atomic mass is 79.9. The van der Waals surface area contributed by atoms with Crippen molar-refractivity contribution in [2.45, 2.75) is 11.4 Å². The topological polar surface area (TPSA) is 49.3 Å². The number of thiophene rings is 1. The van der Waals surface area contributed by atoms with Crippen LogP contribution in [0.25, 0.3) is 0 Å². The smallest absolute Gasteiger partial charge is 0.338 e. The third kappa shape index (κ3) is 3.32. The summed E-state index contributed by atoms with van der Waals surface area (Å²) in [5.74, 6) is -0.905. The van der Waals surface area contributed by atoms with Gasteiger partial charge in [-0.05, 0) is 45.8 Å². The highest BCUT2D eigenvalue weighted by molar-refractivity contribution is 9.10.